The minimum Gasteiger partial charge on any atom is -0.489 e. The standard InChI is InChI=1S/C25H25ClF2N4O3.C6H12FN/c1-4-21(34)31-11-15(3)32(12-14(31)2)25-18-10-19(26)22(17-6-5-16(27)9-20(17)28)24(23(18)30-13-33)35-8-7-29-25;1-2-3-8-4-6(7)5-8/h4-6,9-10,13-15H,1,7-8,11-12H2,2-3H3,(H,30,33);6H,2-5H2,1H3/t14-,15?;/m1./s1. The highest BCUT2D eigenvalue weighted by Gasteiger charge is 2.35. The summed E-state index contributed by atoms with van der Waals surface area (Å²) >= 11 is 6.65. The molecule has 232 valence electrons. The van der Waals surface area contributed by atoms with E-state index in [1.54, 1.807) is 11.0 Å². The molecule has 3 aliphatic heterocycles. The van der Waals surface area contributed by atoms with Crippen LogP contribution in [-0.2, 0) is 9.59 Å². The third-order valence-electron chi connectivity index (χ3n) is 7.65. The van der Waals surface area contributed by atoms with Crippen molar-refractivity contribution in [2.45, 2.75) is 45.4 Å². The van der Waals surface area contributed by atoms with Gasteiger partial charge in [-0.2, -0.15) is 0 Å². The molecule has 2 fully saturated rings. The Bertz CT molecular complexity index is 1380. The lowest BCUT2D eigenvalue weighted by molar-refractivity contribution is -0.130. The maximum Gasteiger partial charge on any atom is 0.246 e. The van der Waals surface area contributed by atoms with Crippen LogP contribution in [0.2, 0.25) is 5.02 Å². The lowest BCUT2D eigenvalue weighted by Gasteiger charge is -2.45. The topological polar surface area (TPSA) is 77.5 Å². The minimum atomic E-state index is -0.807. The summed E-state index contributed by atoms with van der Waals surface area (Å²) in [7, 11) is 0. The van der Waals surface area contributed by atoms with Gasteiger partial charge in [-0.3, -0.25) is 19.5 Å². The zero-order chi connectivity index (χ0) is 31.3. The van der Waals surface area contributed by atoms with Gasteiger partial charge in [0.1, 0.15) is 30.2 Å². The Morgan fingerprint density at radius 3 is 2.53 bits per heavy atom. The van der Waals surface area contributed by atoms with E-state index in [0.29, 0.717) is 50.5 Å². The van der Waals surface area contributed by atoms with E-state index in [0.717, 1.165) is 25.1 Å². The van der Waals surface area contributed by atoms with Gasteiger partial charge in [0, 0.05) is 61.0 Å². The summed E-state index contributed by atoms with van der Waals surface area (Å²) in [5.74, 6) is -0.912. The van der Waals surface area contributed by atoms with Crippen LogP contribution in [0.25, 0.3) is 11.1 Å². The highest BCUT2D eigenvalue weighted by Crippen LogP contribution is 2.46. The summed E-state index contributed by atoms with van der Waals surface area (Å²) in [6, 6.07) is 4.55. The molecular weight excluding hydrogens is 583 g/mol. The number of hydrogen-bond donors (Lipinski definition) is 1. The van der Waals surface area contributed by atoms with E-state index < -0.39 is 17.8 Å². The molecule has 1 N–H and O–H groups in total. The highest BCUT2D eigenvalue weighted by atomic mass is 35.5. The molecule has 0 radical (unpaired) electrons. The van der Waals surface area contributed by atoms with Gasteiger partial charge in [-0.05, 0) is 51.1 Å². The molecule has 2 aromatic carbocycles. The van der Waals surface area contributed by atoms with Crippen molar-refractivity contribution >= 4 is 35.4 Å². The first kappa shape index (κ1) is 32.3. The van der Waals surface area contributed by atoms with Crippen molar-refractivity contribution in [3.8, 4) is 16.9 Å². The van der Waals surface area contributed by atoms with Crippen LogP contribution in [0.15, 0.2) is 41.9 Å². The number of piperazine rings is 1. The molecule has 2 saturated heterocycles. The van der Waals surface area contributed by atoms with Gasteiger partial charge in [-0.1, -0.05) is 25.1 Å². The van der Waals surface area contributed by atoms with Crippen LogP contribution in [0, 0.1) is 11.6 Å². The van der Waals surface area contributed by atoms with E-state index in [4.69, 9.17) is 21.3 Å². The number of halogens is 4. The van der Waals surface area contributed by atoms with Crippen molar-refractivity contribution in [3.63, 3.8) is 0 Å². The van der Waals surface area contributed by atoms with Gasteiger partial charge in [0.05, 0.1) is 17.3 Å². The van der Waals surface area contributed by atoms with E-state index in [-0.39, 0.29) is 52.2 Å². The molecule has 0 aromatic heterocycles. The summed E-state index contributed by atoms with van der Waals surface area (Å²) in [5, 5.41) is 2.83. The molecule has 5 rings (SSSR count). The largest absolute Gasteiger partial charge is 0.489 e. The van der Waals surface area contributed by atoms with Crippen LogP contribution < -0.4 is 10.1 Å². The summed E-state index contributed by atoms with van der Waals surface area (Å²) in [6.07, 6.45) is 2.42. The van der Waals surface area contributed by atoms with E-state index in [1.807, 2.05) is 13.8 Å². The number of ether oxygens (including phenoxy) is 1. The second-order valence-corrected chi connectivity index (χ2v) is 11.2. The lowest BCUT2D eigenvalue weighted by atomic mass is 9.97. The first-order chi connectivity index (χ1) is 20.6. The maximum absolute atomic E-state index is 14.7. The third-order valence-corrected chi connectivity index (χ3v) is 7.94. The predicted octanol–water partition coefficient (Wildman–Crippen LogP) is 5.15. The van der Waals surface area contributed by atoms with Crippen molar-refractivity contribution in [3.05, 3.63) is 59.1 Å². The Labute approximate surface area is 255 Å². The third kappa shape index (κ3) is 7.15. The van der Waals surface area contributed by atoms with Gasteiger partial charge in [-0.25, -0.2) is 13.2 Å². The van der Waals surface area contributed by atoms with Crippen molar-refractivity contribution in [1.29, 1.82) is 0 Å². The highest BCUT2D eigenvalue weighted by molar-refractivity contribution is 6.35. The molecule has 3 aliphatic rings. The number of fused-ring (bicyclic) bond motifs is 2. The zero-order valence-electron chi connectivity index (χ0n) is 24.6. The first-order valence-corrected chi connectivity index (χ1v) is 14.7. The number of nitrogens with one attached hydrogen (secondary N) is 1. The summed E-state index contributed by atoms with van der Waals surface area (Å²) in [5.41, 5.74) is 1.04. The average molecular weight is 620 g/mol. The van der Waals surface area contributed by atoms with Crippen LogP contribution in [0.1, 0.15) is 32.8 Å². The molecule has 0 aliphatic carbocycles. The molecule has 8 nitrogen and oxygen atoms in total. The van der Waals surface area contributed by atoms with E-state index >= 15 is 0 Å². The quantitative estimate of drug-likeness (QED) is 0.358. The number of amidine groups is 1. The van der Waals surface area contributed by atoms with Crippen LogP contribution >= 0.6 is 11.6 Å². The maximum atomic E-state index is 14.7. The number of rotatable bonds is 6. The Balaban J connectivity index is 0.000000458. The molecule has 2 aromatic rings. The van der Waals surface area contributed by atoms with Crippen LogP contribution in [0.4, 0.5) is 18.9 Å². The van der Waals surface area contributed by atoms with Gasteiger partial charge >= 0.3 is 0 Å². The second-order valence-electron chi connectivity index (χ2n) is 10.8. The molecule has 2 amide bonds. The van der Waals surface area contributed by atoms with Crippen LogP contribution in [0.5, 0.6) is 5.75 Å². The summed E-state index contributed by atoms with van der Waals surface area (Å²) in [4.78, 5) is 34.5. The molecule has 12 heteroatoms. The van der Waals surface area contributed by atoms with Crippen LogP contribution in [-0.4, -0.2) is 97.0 Å². The first-order valence-electron chi connectivity index (χ1n) is 14.3. The van der Waals surface area contributed by atoms with E-state index in [1.165, 1.54) is 12.1 Å². The Morgan fingerprint density at radius 2 is 1.91 bits per heavy atom. The van der Waals surface area contributed by atoms with Gasteiger partial charge < -0.3 is 19.9 Å². The number of amides is 2. The molecule has 0 spiro atoms. The monoisotopic (exact) mass is 619 g/mol. The second kappa shape index (κ2) is 14.3. The zero-order valence-corrected chi connectivity index (χ0v) is 25.3. The number of carbonyl (C=O) groups excluding carboxylic acids is 2. The average Bonchev–Trinajstić information content (AvgIpc) is 2.95. The van der Waals surface area contributed by atoms with Crippen molar-refractivity contribution in [2.75, 3.05) is 51.2 Å². The summed E-state index contributed by atoms with van der Waals surface area (Å²) < 4.78 is 46.2. The normalized spacial score (nSPS) is 20.4. The Morgan fingerprint density at radius 1 is 1.16 bits per heavy atom. The number of benzene rings is 2. The molecular formula is C31H37ClF3N5O3. The van der Waals surface area contributed by atoms with Gasteiger partial charge in [0.15, 0.2) is 5.75 Å². The number of alkyl halides is 1. The molecule has 1 unspecified atom stereocenters. The number of hydrogen-bond acceptors (Lipinski definition) is 6. The Hall–Kier alpha value is -3.57. The van der Waals surface area contributed by atoms with Gasteiger partial charge in [0.2, 0.25) is 12.3 Å². The fourth-order valence-corrected chi connectivity index (χ4v) is 5.87. The molecule has 2 atom stereocenters. The smallest absolute Gasteiger partial charge is 0.246 e. The minimum absolute atomic E-state index is 0.0458. The van der Waals surface area contributed by atoms with Crippen molar-refractivity contribution in [1.82, 2.24) is 14.7 Å². The lowest BCUT2D eigenvalue weighted by Crippen LogP contribution is -2.59. The van der Waals surface area contributed by atoms with Gasteiger partial charge in [0.25, 0.3) is 0 Å². The fraction of sp³-hybridized carbons (Fsp3) is 0.452. The number of likely N-dealkylation sites (tertiary alicyclic amines) is 1. The fourth-order valence-electron chi connectivity index (χ4n) is 5.57. The number of aliphatic imine (C=N–C) groups is 1. The number of nitrogens with zero attached hydrogens (tertiary/aromatic N) is 4. The van der Waals surface area contributed by atoms with Gasteiger partial charge in [-0.15, -0.1) is 0 Å². The summed E-state index contributed by atoms with van der Waals surface area (Å²) in [6.45, 7) is 13.4. The molecule has 3 heterocycles. The molecule has 43 heavy (non-hydrogen) atoms. The van der Waals surface area contributed by atoms with E-state index in [9.17, 15) is 22.8 Å². The molecule has 0 saturated carbocycles. The Kier molecular flexibility index (Phi) is 10.7. The number of carbonyl (C=O) groups is 2. The van der Waals surface area contributed by atoms with Crippen molar-refractivity contribution < 1.29 is 27.5 Å². The van der Waals surface area contributed by atoms with Crippen molar-refractivity contribution in [2.24, 2.45) is 4.99 Å². The van der Waals surface area contributed by atoms with Crippen LogP contribution in [0.3, 0.4) is 0 Å². The predicted molar refractivity (Wildman–Crippen MR) is 163 cm³/mol. The number of anilines is 1. The molecule has 2 bridgehead atoms. The van der Waals surface area contributed by atoms with E-state index in [2.05, 4.69) is 28.6 Å². The SMILES string of the molecule is C=CC(=O)N1CC(C)N(C2=NCCOc3c(NC=O)c2cc(Cl)c3-c2ccc(F)cc2F)C[C@H]1C.CCCN1CC(F)C1.